The molecule has 0 bridgehead atoms. The Morgan fingerprint density at radius 3 is 2.56 bits per heavy atom. The van der Waals surface area contributed by atoms with Crippen LogP contribution in [0.5, 0.6) is 0 Å². The van der Waals surface area contributed by atoms with Crippen LogP contribution in [-0.4, -0.2) is 25.5 Å². The smallest absolute Gasteiger partial charge is 0.251 e. The first kappa shape index (κ1) is 14.9. The quantitative estimate of drug-likeness (QED) is 0.773. The molecule has 0 atom stereocenters. The van der Waals surface area contributed by atoms with Gasteiger partial charge in [-0.1, -0.05) is 25.1 Å². The number of rotatable bonds is 5. The summed E-state index contributed by atoms with van der Waals surface area (Å²) in [6.45, 7) is 6.40. The van der Waals surface area contributed by atoms with Gasteiger partial charge in [-0.15, -0.1) is 12.4 Å². The van der Waals surface area contributed by atoms with Crippen LogP contribution in [0.4, 0.5) is 0 Å². The highest BCUT2D eigenvalue weighted by atomic mass is 35.5. The SMILES string of the molecule is CCNCCNC(=O)c1ccccc1C.Cl. The number of hydrogen-bond acceptors (Lipinski definition) is 2. The Hall–Kier alpha value is -1.06. The van der Waals surface area contributed by atoms with Crippen molar-refractivity contribution in [1.82, 2.24) is 10.6 Å². The first-order chi connectivity index (χ1) is 7.25. The van der Waals surface area contributed by atoms with Crippen molar-refractivity contribution in [1.29, 1.82) is 0 Å². The molecule has 0 saturated carbocycles. The average molecular weight is 243 g/mol. The van der Waals surface area contributed by atoms with Gasteiger partial charge in [0.1, 0.15) is 0 Å². The predicted octanol–water partition coefficient (Wildman–Crippen LogP) is 1.76. The summed E-state index contributed by atoms with van der Waals surface area (Å²) in [5.74, 6) is 0.00556. The van der Waals surface area contributed by atoms with Crippen LogP contribution >= 0.6 is 12.4 Å². The lowest BCUT2D eigenvalue weighted by molar-refractivity contribution is 0.0953. The molecule has 0 spiro atoms. The van der Waals surface area contributed by atoms with Crippen molar-refractivity contribution in [3.8, 4) is 0 Å². The molecule has 3 nitrogen and oxygen atoms in total. The summed E-state index contributed by atoms with van der Waals surface area (Å²) in [5.41, 5.74) is 1.77. The standard InChI is InChI=1S/C12H18N2O.ClH/c1-3-13-8-9-14-12(15)11-7-5-4-6-10(11)2;/h4-7,13H,3,8-9H2,1-2H3,(H,14,15);1H. The summed E-state index contributed by atoms with van der Waals surface area (Å²) in [6.07, 6.45) is 0. The second-order valence-electron chi connectivity index (χ2n) is 3.42. The summed E-state index contributed by atoms with van der Waals surface area (Å²) in [5, 5.41) is 6.03. The highest BCUT2D eigenvalue weighted by Gasteiger charge is 2.06. The summed E-state index contributed by atoms with van der Waals surface area (Å²) in [7, 11) is 0. The first-order valence-corrected chi connectivity index (χ1v) is 5.30. The van der Waals surface area contributed by atoms with Crippen molar-refractivity contribution in [2.45, 2.75) is 13.8 Å². The molecule has 0 aromatic heterocycles. The molecule has 0 unspecified atom stereocenters. The minimum absolute atomic E-state index is 0. The molecular weight excluding hydrogens is 224 g/mol. The topological polar surface area (TPSA) is 41.1 Å². The first-order valence-electron chi connectivity index (χ1n) is 5.30. The van der Waals surface area contributed by atoms with E-state index in [2.05, 4.69) is 10.6 Å². The van der Waals surface area contributed by atoms with Gasteiger partial charge in [-0.2, -0.15) is 0 Å². The summed E-state index contributed by atoms with van der Waals surface area (Å²) in [6, 6.07) is 7.61. The third-order valence-corrected chi connectivity index (χ3v) is 2.23. The number of nitrogens with one attached hydrogen (secondary N) is 2. The van der Waals surface area contributed by atoms with Gasteiger partial charge < -0.3 is 10.6 Å². The van der Waals surface area contributed by atoms with E-state index in [1.807, 2.05) is 38.1 Å². The van der Waals surface area contributed by atoms with Crippen molar-refractivity contribution in [2.75, 3.05) is 19.6 Å². The van der Waals surface area contributed by atoms with Crippen molar-refractivity contribution in [2.24, 2.45) is 0 Å². The maximum atomic E-state index is 11.7. The third kappa shape index (κ3) is 4.64. The van der Waals surface area contributed by atoms with Gasteiger partial charge in [-0.25, -0.2) is 0 Å². The van der Waals surface area contributed by atoms with Crippen molar-refractivity contribution < 1.29 is 4.79 Å². The van der Waals surface area contributed by atoms with E-state index in [4.69, 9.17) is 0 Å². The molecular formula is C12H19ClN2O. The summed E-state index contributed by atoms with van der Waals surface area (Å²) >= 11 is 0. The van der Waals surface area contributed by atoms with E-state index in [0.29, 0.717) is 6.54 Å². The minimum Gasteiger partial charge on any atom is -0.351 e. The second-order valence-corrected chi connectivity index (χ2v) is 3.42. The van der Waals surface area contributed by atoms with Crippen LogP contribution in [0.15, 0.2) is 24.3 Å². The predicted molar refractivity (Wildman–Crippen MR) is 69.3 cm³/mol. The van der Waals surface area contributed by atoms with Gasteiger partial charge in [0, 0.05) is 18.7 Å². The van der Waals surface area contributed by atoms with Gasteiger partial charge in [0.15, 0.2) is 0 Å². The Bertz CT molecular complexity index is 329. The van der Waals surface area contributed by atoms with E-state index >= 15 is 0 Å². The largest absolute Gasteiger partial charge is 0.351 e. The number of halogens is 1. The summed E-state index contributed by atoms with van der Waals surface area (Å²) < 4.78 is 0. The lowest BCUT2D eigenvalue weighted by atomic mass is 10.1. The van der Waals surface area contributed by atoms with Crippen LogP contribution in [0.1, 0.15) is 22.8 Å². The molecule has 1 aromatic carbocycles. The molecule has 1 amide bonds. The van der Waals surface area contributed by atoms with Crippen LogP contribution in [0.3, 0.4) is 0 Å². The van der Waals surface area contributed by atoms with Crippen LogP contribution in [0.2, 0.25) is 0 Å². The maximum absolute atomic E-state index is 11.7. The highest BCUT2D eigenvalue weighted by molar-refractivity contribution is 5.95. The second kappa shape index (κ2) is 8.13. The van der Waals surface area contributed by atoms with Gasteiger partial charge in [0.05, 0.1) is 0 Å². The zero-order chi connectivity index (χ0) is 11.1. The highest BCUT2D eigenvalue weighted by Crippen LogP contribution is 2.05. The zero-order valence-corrected chi connectivity index (χ0v) is 10.6. The lowest BCUT2D eigenvalue weighted by Gasteiger charge is -2.07. The zero-order valence-electron chi connectivity index (χ0n) is 9.75. The Morgan fingerprint density at radius 1 is 1.25 bits per heavy atom. The Morgan fingerprint density at radius 2 is 1.94 bits per heavy atom. The van der Waals surface area contributed by atoms with E-state index < -0.39 is 0 Å². The fraction of sp³-hybridized carbons (Fsp3) is 0.417. The van der Waals surface area contributed by atoms with Gasteiger partial charge in [0.2, 0.25) is 0 Å². The molecule has 4 heteroatoms. The van der Waals surface area contributed by atoms with Crippen molar-refractivity contribution in [3.63, 3.8) is 0 Å². The minimum atomic E-state index is 0. The molecule has 90 valence electrons. The molecule has 0 radical (unpaired) electrons. The number of likely N-dealkylation sites (N-methyl/N-ethyl adjacent to an activating group) is 1. The molecule has 0 fully saturated rings. The van der Waals surface area contributed by atoms with Gasteiger partial charge in [0.25, 0.3) is 5.91 Å². The lowest BCUT2D eigenvalue weighted by Crippen LogP contribution is -2.32. The molecule has 16 heavy (non-hydrogen) atoms. The molecule has 0 saturated heterocycles. The number of carbonyl (C=O) groups is 1. The van der Waals surface area contributed by atoms with Crippen molar-refractivity contribution in [3.05, 3.63) is 35.4 Å². The summed E-state index contributed by atoms with van der Waals surface area (Å²) in [4.78, 5) is 11.7. The Balaban J connectivity index is 0.00000225. The van der Waals surface area contributed by atoms with Crippen LogP contribution < -0.4 is 10.6 Å². The number of benzene rings is 1. The Kier molecular flexibility index (Phi) is 7.60. The Labute approximate surface area is 103 Å². The number of amides is 1. The average Bonchev–Trinajstić information content (AvgIpc) is 2.25. The molecule has 0 heterocycles. The van der Waals surface area contributed by atoms with E-state index in [0.717, 1.165) is 24.2 Å². The van der Waals surface area contributed by atoms with Crippen LogP contribution in [0, 0.1) is 6.92 Å². The van der Waals surface area contributed by atoms with E-state index in [-0.39, 0.29) is 18.3 Å². The normalized spacial score (nSPS) is 9.38. The van der Waals surface area contributed by atoms with E-state index in [1.54, 1.807) is 0 Å². The van der Waals surface area contributed by atoms with E-state index in [1.165, 1.54) is 0 Å². The van der Waals surface area contributed by atoms with Crippen LogP contribution in [0.25, 0.3) is 0 Å². The number of hydrogen-bond donors (Lipinski definition) is 2. The fourth-order valence-corrected chi connectivity index (χ4v) is 1.36. The molecule has 1 aromatic rings. The van der Waals surface area contributed by atoms with Crippen LogP contribution in [-0.2, 0) is 0 Å². The molecule has 0 aliphatic heterocycles. The van der Waals surface area contributed by atoms with Gasteiger partial charge in [-0.05, 0) is 25.1 Å². The maximum Gasteiger partial charge on any atom is 0.251 e. The van der Waals surface area contributed by atoms with Crippen molar-refractivity contribution >= 4 is 18.3 Å². The molecule has 0 aliphatic rings. The molecule has 1 rings (SSSR count). The fourth-order valence-electron chi connectivity index (χ4n) is 1.36. The number of carbonyl (C=O) groups excluding carboxylic acids is 1. The van der Waals surface area contributed by atoms with Gasteiger partial charge in [-0.3, -0.25) is 4.79 Å². The van der Waals surface area contributed by atoms with E-state index in [9.17, 15) is 4.79 Å². The third-order valence-electron chi connectivity index (χ3n) is 2.23. The molecule has 2 N–H and O–H groups in total. The monoisotopic (exact) mass is 242 g/mol. The number of aryl methyl sites for hydroxylation is 1. The van der Waals surface area contributed by atoms with Gasteiger partial charge >= 0.3 is 0 Å². The molecule has 0 aliphatic carbocycles.